The summed E-state index contributed by atoms with van der Waals surface area (Å²) in [7, 11) is 1.92. The van der Waals surface area contributed by atoms with E-state index in [1.54, 1.807) is 0 Å². The molecule has 1 atom stereocenters. The quantitative estimate of drug-likeness (QED) is 0.792. The van der Waals surface area contributed by atoms with Crippen LogP contribution in [0.5, 0.6) is 0 Å². The molecule has 0 saturated carbocycles. The summed E-state index contributed by atoms with van der Waals surface area (Å²) < 4.78 is 5.33. The van der Waals surface area contributed by atoms with Gasteiger partial charge in [0.2, 0.25) is 0 Å². The Labute approximate surface area is 90.1 Å². The molecule has 1 aromatic heterocycles. The van der Waals surface area contributed by atoms with Gasteiger partial charge in [0, 0.05) is 44.1 Å². The summed E-state index contributed by atoms with van der Waals surface area (Å²) in [6.45, 7) is 2.58. The molecule has 1 saturated heterocycles. The lowest BCUT2D eigenvalue weighted by molar-refractivity contribution is 0.185. The van der Waals surface area contributed by atoms with Crippen molar-refractivity contribution in [2.75, 3.05) is 20.3 Å². The first-order valence-corrected chi connectivity index (χ1v) is 5.40. The lowest BCUT2D eigenvalue weighted by Gasteiger charge is -2.06. The van der Waals surface area contributed by atoms with Crippen molar-refractivity contribution in [3.63, 3.8) is 0 Å². The summed E-state index contributed by atoms with van der Waals surface area (Å²) >= 11 is 0. The molecule has 1 N–H and O–H groups in total. The van der Waals surface area contributed by atoms with Crippen LogP contribution in [0.1, 0.15) is 17.8 Å². The van der Waals surface area contributed by atoms with Crippen molar-refractivity contribution in [2.24, 2.45) is 5.92 Å². The molecule has 4 nitrogen and oxygen atoms in total. The van der Waals surface area contributed by atoms with Crippen LogP contribution in [-0.4, -0.2) is 30.2 Å². The summed E-state index contributed by atoms with van der Waals surface area (Å²) in [6.07, 6.45) is 5.88. The number of aromatic nitrogens is 2. The highest BCUT2D eigenvalue weighted by Gasteiger charge is 2.16. The number of nitrogens with one attached hydrogen (secondary N) is 1. The van der Waals surface area contributed by atoms with Crippen molar-refractivity contribution in [2.45, 2.75) is 19.4 Å². The maximum absolute atomic E-state index is 5.33. The summed E-state index contributed by atoms with van der Waals surface area (Å²) in [5, 5.41) is 3.08. The predicted octanol–water partition coefficient (Wildman–Crippen LogP) is 0.775. The van der Waals surface area contributed by atoms with Gasteiger partial charge in [-0.25, -0.2) is 9.97 Å². The first-order valence-electron chi connectivity index (χ1n) is 5.40. The molecule has 1 unspecified atom stereocenters. The Kier molecular flexibility index (Phi) is 3.64. The average molecular weight is 207 g/mol. The zero-order valence-electron chi connectivity index (χ0n) is 9.07. The molecule has 0 amide bonds. The normalized spacial score (nSPS) is 20.7. The lowest BCUT2D eigenvalue weighted by Crippen LogP contribution is -2.09. The molecule has 82 valence electrons. The van der Waals surface area contributed by atoms with Gasteiger partial charge in [-0.15, -0.1) is 0 Å². The Balaban J connectivity index is 1.91. The number of hydrogen-bond acceptors (Lipinski definition) is 4. The fraction of sp³-hybridized carbons (Fsp3) is 0.636. The van der Waals surface area contributed by atoms with Gasteiger partial charge < -0.3 is 10.1 Å². The summed E-state index contributed by atoms with van der Waals surface area (Å²) in [5.74, 6) is 1.55. The molecule has 0 spiro atoms. The zero-order chi connectivity index (χ0) is 10.5. The van der Waals surface area contributed by atoms with Crippen molar-refractivity contribution in [3.05, 3.63) is 23.8 Å². The van der Waals surface area contributed by atoms with Gasteiger partial charge in [0.15, 0.2) is 0 Å². The van der Waals surface area contributed by atoms with Crippen molar-refractivity contribution in [1.82, 2.24) is 15.3 Å². The largest absolute Gasteiger partial charge is 0.381 e. The van der Waals surface area contributed by atoms with E-state index in [0.29, 0.717) is 5.92 Å². The molecular formula is C11H17N3O. The van der Waals surface area contributed by atoms with Gasteiger partial charge in [-0.2, -0.15) is 0 Å². The number of hydrogen-bond donors (Lipinski definition) is 1. The molecule has 0 radical (unpaired) electrons. The van der Waals surface area contributed by atoms with Crippen LogP contribution >= 0.6 is 0 Å². The number of ether oxygens (including phenoxy) is 1. The van der Waals surface area contributed by atoms with Gasteiger partial charge in [0.1, 0.15) is 5.82 Å². The standard InChI is InChI=1S/C11H17N3O/c1-12-5-10-6-13-11(14-7-10)4-9-2-3-15-8-9/h6-7,9,12H,2-5,8H2,1H3. The third kappa shape index (κ3) is 2.97. The first kappa shape index (κ1) is 10.5. The minimum Gasteiger partial charge on any atom is -0.381 e. The fourth-order valence-corrected chi connectivity index (χ4v) is 1.78. The topological polar surface area (TPSA) is 47.0 Å². The molecule has 2 rings (SSSR count). The van der Waals surface area contributed by atoms with Crippen LogP contribution in [-0.2, 0) is 17.7 Å². The van der Waals surface area contributed by atoms with E-state index in [1.165, 1.54) is 0 Å². The predicted molar refractivity (Wildman–Crippen MR) is 57.4 cm³/mol. The van der Waals surface area contributed by atoms with Gasteiger partial charge >= 0.3 is 0 Å². The maximum Gasteiger partial charge on any atom is 0.128 e. The molecule has 4 heteroatoms. The molecule has 0 bridgehead atoms. The van der Waals surface area contributed by atoms with Crippen LogP contribution in [0.2, 0.25) is 0 Å². The van der Waals surface area contributed by atoms with Crippen molar-refractivity contribution in [3.8, 4) is 0 Å². The van der Waals surface area contributed by atoms with Crippen molar-refractivity contribution in [1.29, 1.82) is 0 Å². The van der Waals surface area contributed by atoms with Gasteiger partial charge in [-0.05, 0) is 19.4 Å². The molecular weight excluding hydrogens is 190 g/mol. The third-order valence-electron chi connectivity index (χ3n) is 2.63. The molecule has 1 fully saturated rings. The Morgan fingerprint density at radius 1 is 1.47 bits per heavy atom. The Morgan fingerprint density at radius 3 is 2.87 bits per heavy atom. The Bertz CT molecular complexity index is 293. The van der Waals surface area contributed by atoms with Gasteiger partial charge in [-0.1, -0.05) is 0 Å². The van der Waals surface area contributed by atoms with E-state index in [4.69, 9.17) is 4.74 Å². The molecule has 2 heterocycles. The zero-order valence-corrected chi connectivity index (χ0v) is 9.07. The Hall–Kier alpha value is -1.00. The second kappa shape index (κ2) is 5.19. The average Bonchev–Trinajstić information content (AvgIpc) is 2.74. The molecule has 15 heavy (non-hydrogen) atoms. The highest BCUT2D eigenvalue weighted by atomic mass is 16.5. The molecule has 0 aromatic carbocycles. The van der Waals surface area contributed by atoms with Crippen molar-refractivity contribution < 1.29 is 4.74 Å². The minimum absolute atomic E-state index is 0.611. The van der Waals surface area contributed by atoms with Crippen LogP contribution in [0.25, 0.3) is 0 Å². The van der Waals surface area contributed by atoms with Gasteiger partial charge in [0.25, 0.3) is 0 Å². The van der Waals surface area contributed by atoms with E-state index in [0.717, 1.165) is 44.0 Å². The van der Waals surface area contributed by atoms with Gasteiger partial charge in [-0.3, -0.25) is 0 Å². The summed E-state index contributed by atoms with van der Waals surface area (Å²) in [6, 6.07) is 0. The highest BCUT2D eigenvalue weighted by molar-refractivity contribution is 5.05. The smallest absolute Gasteiger partial charge is 0.128 e. The summed E-state index contributed by atoms with van der Waals surface area (Å²) in [5.41, 5.74) is 1.13. The fourth-order valence-electron chi connectivity index (χ4n) is 1.78. The SMILES string of the molecule is CNCc1cnc(CC2CCOC2)nc1. The second-order valence-electron chi connectivity index (χ2n) is 3.97. The lowest BCUT2D eigenvalue weighted by atomic mass is 10.1. The van der Waals surface area contributed by atoms with Crippen LogP contribution in [0.4, 0.5) is 0 Å². The van der Waals surface area contributed by atoms with Gasteiger partial charge in [0.05, 0.1) is 0 Å². The van der Waals surface area contributed by atoms with Crippen LogP contribution in [0.15, 0.2) is 12.4 Å². The van der Waals surface area contributed by atoms with E-state index < -0.39 is 0 Å². The minimum atomic E-state index is 0.611. The monoisotopic (exact) mass is 207 g/mol. The molecule has 1 aliphatic heterocycles. The Morgan fingerprint density at radius 2 is 2.27 bits per heavy atom. The molecule has 0 aliphatic carbocycles. The summed E-state index contributed by atoms with van der Waals surface area (Å²) in [4.78, 5) is 8.71. The highest BCUT2D eigenvalue weighted by Crippen LogP contribution is 2.15. The van der Waals surface area contributed by atoms with Crippen molar-refractivity contribution >= 4 is 0 Å². The molecule has 1 aromatic rings. The van der Waals surface area contributed by atoms with E-state index >= 15 is 0 Å². The number of rotatable bonds is 4. The second-order valence-corrected chi connectivity index (χ2v) is 3.97. The van der Waals surface area contributed by atoms with Crippen LogP contribution in [0, 0.1) is 5.92 Å². The van der Waals surface area contributed by atoms with E-state index in [-0.39, 0.29) is 0 Å². The molecule has 1 aliphatic rings. The van der Waals surface area contributed by atoms with E-state index in [1.807, 2.05) is 19.4 Å². The third-order valence-corrected chi connectivity index (χ3v) is 2.63. The maximum atomic E-state index is 5.33. The first-order chi connectivity index (χ1) is 7.38. The van der Waals surface area contributed by atoms with Crippen LogP contribution < -0.4 is 5.32 Å². The van der Waals surface area contributed by atoms with E-state index in [2.05, 4.69) is 15.3 Å². The number of nitrogens with zero attached hydrogens (tertiary/aromatic N) is 2. The van der Waals surface area contributed by atoms with Crippen LogP contribution in [0.3, 0.4) is 0 Å². The van der Waals surface area contributed by atoms with E-state index in [9.17, 15) is 0 Å².